The van der Waals surface area contributed by atoms with E-state index in [2.05, 4.69) is 5.32 Å². The Balaban J connectivity index is 2.27. The topological polar surface area (TPSA) is 55.4 Å². The van der Waals surface area contributed by atoms with Gasteiger partial charge in [-0.2, -0.15) is 0 Å². The van der Waals surface area contributed by atoms with Crippen LogP contribution in [0.4, 0.5) is 4.79 Å². The van der Waals surface area contributed by atoms with Crippen molar-refractivity contribution in [3.05, 3.63) is 35.9 Å². The maximum Gasteiger partial charge on any atom is 0.407 e. The summed E-state index contributed by atoms with van der Waals surface area (Å²) in [6, 6.07) is 9.29. The maximum atomic E-state index is 10.9. The molecule has 0 aliphatic carbocycles. The molecular weight excluding hydrogens is 182 g/mol. The maximum absolute atomic E-state index is 10.9. The molecule has 1 amide bonds. The Morgan fingerprint density at radius 2 is 2.07 bits per heavy atom. The summed E-state index contributed by atoms with van der Waals surface area (Å²) in [4.78, 5) is 20.7. The zero-order valence-electron chi connectivity index (χ0n) is 7.53. The van der Waals surface area contributed by atoms with Gasteiger partial charge in [0.2, 0.25) is 6.29 Å². The Morgan fingerprint density at radius 1 is 1.36 bits per heavy atom. The van der Waals surface area contributed by atoms with Crippen LogP contribution in [-0.2, 0) is 16.1 Å². The van der Waals surface area contributed by atoms with Gasteiger partial charge in [-0.05, 0) is 5.56 Å². The molecule has 73 valence electrons. The summed E-state index contributed by atoms with van der Waals surface area (Å²) in [6.45, 7) is 0.0547. The summed E-state index contributed by atoms with van der Waals surface area (Å²) < 4.78 is 4.80. The molecule has 0 fully saturated rings. The number of carbonyl (C=O) groups is 1. The average molecular weight is 192 g/mol. The number of nitrogens with one attached hydrogen (secondary N) is 1. The van der Waals surface area contributed by atoms with Crippen LogP contribution in [0.25, 0.3) is 0 Å². The molecule has 1 aromatic carbocycles. The standard InChI is InChI=1S/C10H10NO3/c12-7-6-11-10(13)14-8-9-4-2-1-3-5-9/h1-5H,6,8H2,(H,11,13). The number of hydrogen-bond acceptors (Lipinski definition) is 3. The third kappa shape index (κ3) is 3.71. The lowest BCUT2D eigenvalue weighted by Gasteiger charge is -2.03. The molecule has 0 atom stereocenters. The first kappa shape index (κ1) is 10.2. The number of rotatable bonds is 4. The molecule has 0 aromatic heterocycles. The minimum absolute atomic E-state index is 0.145. The lowest BCUT2D eigenvalue weighted by atomic mass is 10.2. The Hall–Kier alpha value is -1.84. The van der Waals surface area contributed by atoms with Crippen molar-refractivity contribution >= 4 is 12.4 Å². The predicted molar refractivity (Wildman–Crippen MR) is 50.3 cm³/mol. The smallest absolute Gasteiger partial charge is 0.407 e. The Kier molecular flexibility index (Phi) is 4.20. The van der Waals surface area contributed by atoms with Crippen LogP contribution in [0.5, 0.6) is 0 Å². The van der Waals surface area contributed by atoms with Gasteiger partial charge in [0.25, 0.3) is 0 Å². The molecule has 0 saturated carbocycles. The van der Waals surface area contributed by atoms with E-state index in [1.165, 1.54) is 6.29 Å². The molecule has 4 heteroatoms. The van der Waals surface area contributed by atoms with E-state index >= 15 is 0 Å². The van der Waals surface area contributed by atoms with E-state index in [-0.39, 0.29) is 13.2 Å². The van der Waals surface area contributed by atoms with Gasteiger partial charge in [-0.15, -0.1) is 0 Å². The first-order valence-electron chi connectivity index (χ1n) is 4.12. The third-order valence-electron chi connectivity index (χ3n) is 1.52. The summed E-state index contributed by atoms with van der Waals surface area (Å²) >= 11 is 0. The van der Waals surface area contributed by atoms with E-state index in [0.717, 1.165) is 5.56 Å². The largest absolute Gasteiger partial charge is 0.445 e. The lowest BCUT2D eigenvalue weighted by Crippen LogP contribution is -2.25. The molecule has 0 saturated heterocycles. The first-order valence-corrected chi connectivity index (χ1v) is 4.12. The monoisotopic (exact) mass is 192 g/mol. The molecule has 4 nitrogen and oxygen atoms in total. The van der Waals surface area contributed by atoms with Crippen LogP contribution in [0, 0.1) is 0 Å². The molecule has 0 spiro atoms. The molecule has 1 radical (unpaired) electrons. The second-order valence-electron chi connectivity index (χ2n) is 2.56. The van der Waals surface area contributed by atoms with Crippen molar-refractivity contribution in [1.82, 2.24) is 5.32 Å². The molecular formula is C10H10NO3. The fourth-order valence-corrected chi connectivity index (χ4v) is 0.882. The SMILES string of the molecule is O=[C]CNC(=O)OCc1ccccc1. The van der Waals surface area contributed by atoms with Crippen molar-refractivity contribution in [2.45, 2.75) is 6.61 Å². The molecule has 1 N–H and O–H groups in total. The van der Waals surface area contributed by atoms with Crippen molar-refractivity contribution < 1.29 is 14.3 Å². The number of alkyl carbamates (subject to hydrolysis) is 1. The quantitative estimate of drug-likeness (QED) is 0.774. The highest BCUT2D eigenvalue weighted by Crippen LogP contribution is 1.99. The van der Waals surface area contributed by atoms with Gasteiger partial charge < -0.3 is 10.1 Å². The highest BCUT2D eigenvalue weighted by Gasteiger charge is 2.00. The highest BCUT2D eigenvalue weighted by molar-refractivity contribution is 5.71. The second-order valence-corrected chi connectivity index (χ2v) is 2.56. The van der Waals surface area contributed by atoms with E-state index in [1.54, 1.807) is 0 Å². The normalized spacial score (nSPS) is 9.14. The molecule has 0 unspecified atom stereocenters. The van der Waals surface area contributed by atoms with Crippen molar-refractivity contribution in [3.8, 4) is 0 Å². The summed E-state index contributed by atoms with van der Waals surface area (Å²) in [6.07, 6.45) is 0.921. The number of benzene rings is 1. The molecule has 0 aliphatic heterocycles. The molecule has 1 rings (SSSR count). The number of amides is 1. The number of ether oxygens (including phenoxy) is 1. The van der Waals surface area contributed by atoms with Crippen LogP contribution < -0.4 is 5.32 Å². The highest BCUT2D eigenvalue weighted by atomic mass is 16.5. The minimum Gasteiger partial charge on any atom is -0.445 e. The van der Waals surface area contributed by atoms with Crippen molar-refractivity contribution in [2.24, 2.45) is 0 Å². The number of hydrogen-bond donors (Lipinski definition) is 1. The van der Waals surface area contributed by atoms with Gasteiger partial charge in [0.05, 0.1) is 6.54 Å². The zero-order valence-corrected chi connectivity index (χ0v) is 7.53. The molecule has 0 bridgehead atoms. The van der Waals surface area contributed by atoms with Gasteiger partial charge >= 0.3 is 6.09 Å². The zero-order chi connectivity index (χ0) is 10.2. The van der Waals surface area contributed by atoms with Gasteiger partial charge in [0.15, 0.2) is 0 Å². The van der Waals surface area contributed by atoms with Gasteiger partial charge in [-0.25, -0.2) is 4.79 Å². The lowest BCUT2D eigenvalue weighted by molar-refractivity contribution is 0.141. The second kappa shape index (κ2) is 5.75. The van der Waals surface area contributed by atoms with Crippen LogP contribution in [0.3, 0.4) is 0 Å². The van der Waals surface area contributed by atoms with Gasteiger partial charge in [-0.1, -0.05) is 30.3 Å². The van der Waals surface area contributed by atoms with Crippen LogP contribution in [0.2, 0.25) is 0 Å². The summed E-state index contributed by atoms with van der Waals surface area (Å²) in [5.41, 5.74) is 0.901. The Labute approximate surface area is 81.9 Å². The van der Waals surface area contributed by atoms with Crippen LogP contribution in [0.15, 0.2) is 30.3 Å². The average Bonchev–Trinajstić information content (AvgIpc) is 2.25. The summed E-state index contributed by atoms with van der Waals surface area (Å²) in [7, 11) is 0. The molecule has 0 heterocycles. The molecule has 1 aromatic rings. The van der Waals surface area contributed by atoms with Crippen molar-refractivity contribution in [3.63, 3.8) is 0 Å². The Morgan fingerprint density at radius 3 is 2.71 bits per heavy atom. The van der Waals surface area contributed by atoms with Gasteiger partial charge in [0, 0.05) is 0 Å². The molecule has 14 heavy (non-hydrogen) atoms. The van der Waals surface area contributed by atoms with Gasteiger partial charge in [0.1, 0.15) is 6.61 Å². The van der Waals surface area contributed by atoms with Crippen molar-refractivity contribution in [1.29, 1.82) is 0 Å². The number of carbonyl (C=O) groups excluding carboxylic acids is 2. The summed E-state index contributed by atoms with van der Waals surface area (Å²) in [5, 5.41) is 2.22. The van der Waals surface area contributed by atoms with Crippen molar-refractivity contribution in [2.75, 3.05) is 6.54 Å². The fraction of sp³-hybridized carbons (Fsp3) is 0.200. The van der Waals surface area contributed by atoms with Crippen LogP contribution in [0.1, 0.15) is 5.56 Å². The fourth-order valence-electron chi connectivity index (χ4n) is 0.882. The molecule has 0 aliphatic rings. The van der Waals surface area contributed by atoms with E-state index in [1.807, 2.05) is 30.3 Å². The van der Waals surface area contributed by atoms with E-state index < -0.39 is 6.09 Å². The van der Waals surface area contributed by atoms with E-state index in [0.29, 0.717) is 0 Å². The van der Waals surface area contributed by atoms with E-state index in [9.17, 15) is 9.59 Å². The third-order valence-corrected chi connectivity index (χ3v) is 1.52. The Bertz CT molecular complexity index is 297. The first-order chi connectivity index (χ1) is 6.83. The van der Waals surface area contributed by atoms with Crippen LogP contribution >= 0.6 is 0 Å². The van der Waals surface area contributed by atoms with Crippen LogP contribution in [-0.4, -0.2) is 18.9 Å². The van der Waals surface area contributed by atoms with Gasteiger partial charge in [-0.3, -0.25) is 4.79 Å². The van der Waals surface area contributed by atoms with E-state index in [4.69, 9.17) is 4.74 Å². The minimum atomic E-state index is -0.614. The summed E-state index contributed by atoms with van der Waals surface area (Å²) in [5.74, 6) is 0. The predicted octanol–water partition coefficient (Wildman–Crippen LogP) is 1.02.